The summed E-state index contributed by atoms with van der Waals surface area (Å²) in [7, 11) is 0. The Labute approximate surface area is 329 Å². The molecule has 8 N–H and O–H groups in total. The van der Waals surface area contributed by atoms with Gasteiger partial charge >= 0.3 is 0 Å². The first kappa shape index (κ1) is 51.1. The van der Waals surface area contributed by atoms with Gasteiger partial charge in [-0.15, -0.1) is 0 Å². The molecule has 11 nitrogen and oxygen atoms in total. The van der Waals surface area contributed by atoms with Gasteiger partial charge in [0.2, 0.25) is 5.91 Å². The van der Waals surface area contributed by atoms with Crippen molar-refractivity contribution in [3.05, 3.63) is 0 Å². The van der Waals surface area contributed by atoms with Crippen molar-refractivity contribution in [2.24, 2.45) is 0 Å². The van der Waals surface area contributed by atoms with E-state index in [9.17, 15) is 40.5 Å². The zero-order valence-electron chi connectivity index (χ0n) is 34.5. The van der Waals surface area contributed by atoms with E-state index in [0.717, 1.165) is 38.5 Å². The van der Waals surface area contributed by atoms with Gasteiger partial charge in [0.1, 0.15) is 36.6 Å². The third-order valence-corrected chi connectivity index (χ3v) is 11.2. The van der Waals surface area contributed by atoms with Crippen LogP contribution >= 0.6 is 0 Å². The summed E-state index contributed by atoms with van der Waals surface area (Å²) >= 11 is 0. The normalized spacial score (nSPS) is 22.6. The number of hydrogen-bond donors (Lipinski definition) is 8. The summed E-state index contributed by atoms with van der Waals surface area (Å²) in [6.45, 7) is 3.41. The van der Waals surface area contributed by atoms with Crippen LogP contribution in [-0.4, -0.2) is 110 Å². The van der Waals surface area contributed by atoms with E-state index in [4.69, 9.17) is 9.47 Å². The lowest BCUT2D eigenvalue weighted by Crippen LogP contribution is -2.60. The van der Waals surface area contributed by atoms with Crippen LogP contribution in [0.25, 0.3) is 0 Å². The second kappa shape index (κ2) is 34.2. The van der Waals surface area contributed by atoms with Crippen molar-refractivity contribution >= 4 is 5.91 Å². The average Bonchev–Trinajstić information content (AvgIpc) is 3.17. The molecule has 0 saturated carbocycles. The van der Waals surface area contributed by atoms with E-state index < -0.39 is 74.2 Å². The minimum absolute atomic E-state index is 0.264. The number of nitrogens with one attached hydrogen (secondary N) is 1. The van der Waals surface area contributed by atoms with Crippen LogP contribution < -0.4 is 5.32 Å². The highest BCUT2D eigenvalue weighted by molar-refractivity contribution is 5.80. The van der Waals surface area contributed by atoms with Gasteiger partial charge in [-0.2, -0.15) is 0 Å². The number of amides is 1. The molecule has 0 bridgehead atoms. The number of unbranched alkanes of at least 4 members (excludes halogenated alkanes) is 25. The molecular formula is C43H85NO10. The number of hydrogen-bond acceptors (Lipinski definition) is 10. The van der Waals surface area contributed by atoms with Gasteiger partial charge in [0, 0.05) is 0 Å². The number of ether oxygens (including phenoxy) is 2. The van der Waals surface area contributed by atoms with Gasteiger partial charge in [-0.3, -0.25) is 4.79 Å². The summed E-state index contributed by atoms with van der Waals surface area (Å²) in [5, 5.41) is 75.4. The minimum Gasteiger partial charge on any atom is -0.394 e. The van der Waals surface area contributed by atoms with Gasteiger partial charge in [-0.1, -0.05) is 187 Å². The van der Waals surface area contributed by atoms with E-state index in [1.54, 1.807) is 0 Å². The maximum absolute atomic E-state index is 13.0. The predicted molar refractivity (Wildman–Crippen MR) is 215 cm³/mol. The topological polar surface area (TPSA) is 189 Å². The molecule has 54 heavy (non-hydrogen) atoms. The molecule has 1 fully saturated rings. The van der Waals surface area contributed by atoms with E-state index >= 15 is 0 Å². The third-order valence-electron chi connectivity index (χ3n) is 11.2. The van der Waals surface area contributed by atoms with Gasteiger partial charge in [-0.25, -0.2) is 0 Å². The van der Waals surface area contributed by atoms with Gasteiger partial charge < -0.3 is 50.5 Å². The minimum atomic E-state index is -1.65. The van der Waals surface area contributed by atoms with Crippen LogP contribution in [-0.2, 0) is 14.3 Å². The second-order valence-electron chi connectivity index (χ2n) is 16.1. The van der Waals surface area contributed by atoms with E-state index in [-0.39, 0.29) is 6.42 Å². The standard InChI is InChI=1S/C43H85NO10/c1-3-5-7-9-11-13-14-15-16-17-18-19-20-21-23-24-26-28-30-35(46)38(48)34(33-53-43-41(51)40(50)39(49)37(32-45)54-43)44-42(52)36(47)31-29-27-25-22-12-10-8-6-4-2/h34-41,43,45-51H,3-33H2,1-2H3,(H,44,52). The highest BCUT2D eigenvalue weighted by Crippen LogP contribution is 2.23. The van der Waals surface area contributed by atoms with Gasteiger partial charge in [0.05, 0.1) is 25.4 Å². The lowest BCUT2D eigenvalue weighted by atomic mass is 9.98. The summed E-state index contributed by atoms with van der Waals surface area (Å²) in [6, 6.07) is -1.16. The van der Waals surface area contributed by atoms with Crippen LogP contribution in [0.2, 0.25) is 0 Å². The maximum atomic E-state index is 13.0. The van der Waals surface area contributed by atoms with Crippen molar-refractivity contribution in [3.63, 3.8) is 0 Å². The fraction of sp³-hybridized carbons (Fsp3) is 0.977. The molecule has 0 spiro atoms. The monoisotopic (exact) mass is 776 g/mol. The first-order valence-electron chi connectivity index (χ1n) is 22.4. The van der Waals surface area contributed by atoms with E-state index in [1.165, 1.54) is 122 Å². The summed E-state index contributed by atoms with van der Waals surface area (Å²) in [5.41, 5.74) is 0. The predicted octanol–water partition coefficient (Wildman–Crippen LogP) is 6.72. The smallest absolute Gasteiger partial charge is 0.249 e. The summed E-state index contributed by atoms with van der Waals surface area (Å²) in [6.07, 6.45) is 21.6. The molecular weight excluding hydrogens is 690 g/mol. The van der Waals surface area contributed by atoms with E-state index in [0.29, 0.717) is 19.3 Å². The average molecular weight is 776 g/mol. The van der Waals surface area contributed by atoms with Crippen LogP contribution in [0.3, 0.4) is 0 Å². The Morgan fingerprint density at radius 2 is 0.963 bits per heavy atom. The SMILES string of the molecule is CCCCCCCCCCCCCCCCCCCCC(O)C(O)C(COC1OC(CO)C(O)C(O)C1O)NC(=O)C(O)CCCCCCCCCCC. The van der Waals surface area contributed by atoms with Crippen molar-refractivity contribution in [3.8, 4) is 0 Å². The zero-order chi connectivity index (χ0) is 39.8. The summed E-state index contributed by atoms with van der Waals surface area (Å²) in [5.74, 6) is -0.698. The number of carbonyl (C=O) groups excluding carboxylic acids is 1. The molecule has 1 amide bonds. The number of carbonyl (C=O) groups is 1. The molecule has 0 aliphatic carbocycles. The van der Waals surface area contributed by atoms with Crippen molar-refractivity contribution < 1.29 is 50.0 Å². The van der Waals surface area contributed by atoms with Crippen LogP contribution in [0.5, 0.6) is 0 Å². The van der Waals surface area contributed by atoms with Crippen molar-refractivity contribution in [2.45, 2.75) is 255 Å². The Hall–Kier alpha value is -0.890. The molecule has 322 valence electrons. The molecule has 0 aromatic rings. The second-order valence-corrected chi connectivity index (χ2v) is 16.1. The Bertz CT molecular complexity index is 851. The Kier molecular flexibility index (Phi) is 32.4. The fourth-order valence-corrected chi connectivity index (χ4v) is 7.38. The highest BCUT2D eigenvalue weighted by Gasteiger charge is 2.44. The highest BCUT2D eigenvalue weighted by atomic mass is 16.7. The molecule has 1 saturated heterocycles. The Morgan fingerprint density at radius 3 is 1.37 bits per heavy atom. The quantitative estimate of drug-likeness (QED) is 0.0315. The van der Waals surface area contributed by atoms with Crippen molar-refractivity contribution in [1.29, 1.82) is 0 Å². The largest absolute Gasteiger partial charge is 0.394 e. The van der Waals surface area contributed by atoms with Crippen LogP contribution in [0.4, 0.5) is 0 Å². The zero-order valence-corrected chi connectivity index (χ0v) is 34.5. The molecule has 11 heteroatoms. The van der Waals surface area contributed by atoms with Gasteiger partial charge in [0.25, 0.3) is 0 Å². The molecule has 1 aliphatic heterocycles. The van der Waals surface area contributed by atoms with Gasteiger partial charge in [-0.05, 0) is 12.8 Å². The van der Waals surface area contributed by atoms with Crippen LogP contribution in [0, 0.1) is 0 Å². The molecule has 9 atom stereocenters. The fourth-order valence-electron chi connectivity index (χ4n) is 7.38. The lowest BCUT2D eigenvalue weighted by Gasteiger charge is -2.40. The number of rotatable bonds is 37. The molecule has 1 rings (SSSR count). The number of aliphatic hydroxyl groups is 7. The van der Waals surface area contributed by atoms with Crippen LogP contribution in [0.15, 0.2) is 0 Å². The molecule has 9 unspecified atom stereocenters. The van der Waals surface area contributed by atoms with Crippen molar-refractivity contribution in [2.75, 3.05) is 13.2 Å². The Balaban J connectivity index is 2.43. The molecule has 1 aliphatic rings. The molecule has 0 radical (unpaired) electrons. The third kappa shape index (κ3) is 24.0. The summed E-state index contributed by atoms with van der Waals surface area (Å²) in [4.78, 5) is 13.0. The van der Waals surface area contributed by atoms with Crippen LogP contribution in [0.1, 0.15) is 200 Å². The Morgan fingerprint density at radius 1 is 0.574 bits per heavy atom. The molecule has 0 aromatic carbocycles. The van der Waals surface area contributed by atoms with E-state index in [1.807, 2.05) is 0 Å². The van der Waals surface area contributed by atoms with E-state index in [2.05, 4.69) is 19.2 Å². The first-order chi connectivity index (χ1) is 26.2. The molecule has 1 heterocycles. The first-order valence-corrected chi connectivity index (χ1v) is 22.4. The van der Waals surface area contributed by atoms with Gasteiger partial charge in [0.15, 0.2) is 6.29 Å². The summed E-state index contributed by atoms with van der Waals surface area (Å²) < 4.78 is 11.1. The molecule has 0 aromatic heterocycles. The maximum Gasteiger partial charge on any atom is 0.249 e. The lowest BCUT2D eigenvalue weighted by molar-refractivity contribution is -0.303. The number of aliphatic hydroxyl groups excluding tert-OH is 7. The van der Waals surface area contributed by atoms with Crippen molar-refractivity contribution in [1.82, 2.24) is 5.32 Å².